The van der Waals surface area contributed by atoms with Crippen molar-refractivity contribution in [3.05, 3.63) is 84.4 Å². The van der Waals surface area contributed by atoms with Gasteiger partial charge in [-0.25, -0.2) is 0 Å². The molecule has 0 fully saturated rings. The lowest BCUT2D eigenvalue weighted by Crippen LogP contribution is -2.11. The second-order valence-corrected chi connectivity index (χ2v) is 7.54. The summed E-state index contributed by atoms with van der Waals surface area (Å²) in [6.45, 7) is 4.86. The molecule has 0 spiro atoms. The van der Waals surface area contributed by atoms with Gasteiger partial charge in [0, 0.05) is 0 Å². The number of hydrogen-bond donors (Lipinski definition) is 2. The van der Waals surface area contributed by atoms with Gasteiger partial charge in [-0.1, -0.05) is 56.5 Å². The van der Waals surface area contributed by atoms with Crippen molar-refractivity contribution in [3.63, 3.8) is 0 Å². The minimum absolute atomic E-state index is 0.251. The molecule has 0 saturated carbocycles. The zero-order valence-corrected chi connectivity index (χ0v) is 18.5. The molecule has 0 saturated heterocycles. The third-order valence-electron chi connectivity index (χ3n) is 4.72. The van der Waals surface area contributed by atoms with E-state index in [2.05, 4.69) is 13.8 Å². The molecule has 166 valence electrons. The van der Waals surface area contributed by atoms with Crippen molar-refractivity contribution in [1.29, 1.82) is 0 Å². The highest BCUT2D eigenvalue weighted by molar-refractivity contribution is 5.31. The minimum atomic E-state index is 0.251. The van der Waals surface area contributed by atoms with Crippen LogP contribution in [0.1, 0.15) is 51.5 Å². The van der Waals surface area contributed by atoms with Gasteiger partial charge in [0.2, 0.25) is 0 Å². The van der Waals surface area contributed by atoms with E-state index in [1.807, 2.05) is 30.3 Å². The van der Waals surface area contributed by atoms with E-state index < -0.39 is 0 Å². The molecule has 4 heteroatoms. The fourth-order valence-electron chi connectivity index (χ4n) is 2.96. The Balaban J connectivity index is 0.000000220. The van der Waals surface area contributed by atoms with E-state index in [-0.39, 0.29) is 17.6 Å². The predicted octanol–water partition coefficient (Wildman–Crippen LogP) is 7.10. The van der Waals surface area contributed by atoms with Crippen molar-refractivity contribution in [3.8, 4) is 23.0 Å². The molecular weight excluding hydrogens is 388 g/mol. The number of phenols is 2. The van der Waals surface area contributed by atoms with Crippen LogP contribution in [0.5, 0.6) is 23.0 Å². The molecular formula is C27H34O4. The van der Waals surface area contributed by atoms with Crippen LogP contribution >= 0.6 is 0 Å². The van der Waals surface area contributed by atoms with Gasteiger partial charge >= 0.3 is 0 Å². The molecule has 2 N–H and O–H groups in total. The molecule has 1 atom stereocenters. The fraction of sp³-hybridized carbons (Fsp3) is 0.333. The molecule has 0 amide bonds. The van der Waals surface area contributed by atoms with Crippen LogP contribution in [0.25, 0.3) is 0 Å². The first kappa shape index (κ1) is 24.1. The molecule has 3 rings (SSSR count). The zero-order chi connectivity index (χ0) is 22.3. The maximum atomic E-state index is 9.14. The highest BCUT2D eigenvalue weighted by Crippen LogP contribution is 2.19. The van der Waals surface area contributed by atoms with Gasteiger partial charge in [-0.15, -0.1) is 0 Å². The molecule has 0 heterocycles. The molecule has 0 bridgehead atoms. The van der Waals surface area contributed by atoms with Crippen LogP contribution < -0.4 is 9.47 Å². The first-order valence-corrected chi connectivity index (χ1v) is 11.0. The van der Waals surface area contributed by atoms with E-state index in [0.29, 0.717) is 6.61 Å². The first-order valence-electron chi connectivity index (χ1n) is 11.0. The molecule has 31 heavy (non-hydrogen) atoms. The normalized spacial score (nSPS) is 11.2. The highest BCUT2D eigenvalue weighted by Gasteiger charge is 2.03. The summed E-state index contributed by atoms with van der Waals surface area (Å²) in [5.41, 5.74) is 1.13. The Labute approximate surface area is 186 Å². The van der Waals surface area contributed by atoms with Gasteiger partial charge < -0.3 is 19.7 Å². The Morgan fingerprint density at radius 1 is 0.710 bits per heavy atom. The average Bonchev–Trinajstić information content (AvgIpc) is 2.79. The topological polar surface area (TPSA) is 58.9 Å². The fourth-order valence-corrected chi connectivity index (χ4v) is 2.96. The van der Waals surface area contributed by atoms with Gasteiger partial charge in [-0.3, -0.25) is 0 Å². The zero-order valence-electron chi connectivity index (χ0n) is 18.5. The molecule has 0 radical (unpaired) electrons. The SMILES string of the molecule is CCCCCCC(C)Oc1ccc(O)cc1.Oc1ccc(OCc2ccccc2)cc1. The average molecular weight is 423 g/mol. The molecule has 0 aliphatic heterocycles. The summed E-state index contributed by atoms with van der Waals surface area (Å²) in [6, 6.07) is 23.6. The summed E-state index contributed by atoms with van der Waals surface area (Å²) in [6.07, 6.45) is 6.45. The third kappa shape index (κ3) is 10.4. The number of aromatic hydroxyl groups is 2. The number of hydrogen-bond acceptors (Lipinski definition) is 4. The number of ether oxygens (including phenoxy) is 2. The smallest absolute Gasteiger partial charge is 0.120 e. The van der Waals surface area contributed by atoms with Crippen LogP contribution in [0.4, 0.5) is 0 Å². The van der Waals surface area contributed by atoms with Crippen LogP contribution in [0, 0.1) is 0 Å². The third-order valence-corrected chi connectivity index (χ3v) is 4.72. The van der Waals surface area contributed by atoms with E-state index in [1.54, 1.807) is 48.5 Å². The van der Waals surface area contributed by atoms with Crippen LogP contribution in [-0.4, -0.2) is 16.3 Å². The van der Waals surface area contributed by atoms with Crippen LogP contribution in [0.15, 0.2) is 78.9 Å². The molecule has 0 aromatic heterocycles. The lowest BCUT2D eigenvalue weighted by Gasteiger charge is -2.14. The molecule has 3 aromatic carbocycles. The Morgan fingerprint density at radius 3 is 1.87 bits per heavy atom. The Kier molecular flexibility index (Phi) is 10.9. The minimum Gasteiger partial charge on any atom is -0.508 e. The first-order chi connectivity index (χ1) is 15.1. The van der Waals surface area contributed by atoms with Gasteiger partial charge in [0.25, 0.3) is 0 Å². The van der Waals surface area contributed by atoms with E-state index in [0.717, 1.165) is 23.5 Å². The summed E-state index contributed by atoms with van der Waals surface area (Å²) < 4.78 is 11.3. The van der Waals surface area contributed by atoms with Crippen molar-refractivity contribution < 1.29 is 19.7 Å². The van der Waals surface area contributed by atoms with Gasteiger partial charge in [-0.2, -0.15) is 0 Å². The summed E-state index contributed by atoms with van der Waals surface area (Å²) in [7, 11) is 0. The predicted molar refractivity (Wildman–Crippen MR) is 126 cm³/mol. The lowest BCUT2D eigenvalue weighted by molar-refractivity contribution is 0.206. The second-order valence-electron chi connectivity index (χ2n) is 7.54. The summed E-state index contributed by atoms with van der Waals surface area (Å²) >= 11 is 0. The largest absolute Gasteiger partial charge is 0.508 e. The number of rotatable bonds is 10. The summed E-state index contributed by atoms with van der Waals surface area (Å²) in [4.78, 5) is 0. The van der Waals surface area contributed by atoms with Crippen molar-refractivity contribution in [1.82, 2.24) is 0 Å². The number of benzene rings is 3. The molecule has 0 aliphatic carbocycles. The van der Waals surface area contributed by atoms with Gasteiger partial charge in [-0.05, 0) is 73.9 Å². The molecule has 3 aromatic rings. The monoisotopic (exact) mass is 422 g/mol. The Bertz CT molecular complexity index is 829. The van der Waals surface area contributed by atoms with E-state index in [9.17, 15) is 0 Å². The Morgan fingerprint density at radius 2 is 1.29 bits per heavy atom. The highest BCUT2D eigenvalue weighted by atomic mass is 16.5. The van der Waals surface area contributed by atoms with Crippen LogP contribution in [0.3, 0.4) is 0 Å². The van der Waals surface area contributed by atoms with Crippen molar-refractivity contribution in [2.24, 2.45) is 0 Å². The van der Waals surface area contributed by atoms with E-state index in [4.69, 9.17) is 19.7 Å². The summed E-state index contributed by atoms with van der Waals surface area (Å²) in [5, 5.41) is 18.2. The second kappa shape index (κ2) is 14.0. The standard InChI is InChI=1S/C14H22O2.C13H12O2/c1-3-4-5-6-7-12(2)16-14-10-8-13(15)9-11-14;14-12-6-8-13(9-7-12)15-10-11-4-2-1-3-5-11/h8-12,15H,3-7H2,1-2H3;1-9,14H,10H2. The quantitative estimate of drug-likeness (QED) is 0.342. The molecule has 1 unspecified atom stereocenters. The maximum absolute atomic E-state index is 9.14. The molecule has 0 aliphatic rings. The van der Waals surface area contributed by atoms with Crippen LogP contribution in [0.2, 0.25) is 0 Å². The Hall–Kier alpha value is -3.14. The number of phenolic OH excluding ortho intramolecular Hbond substituents is 2. The van der Waals surface area contributed by atoms with Crippen molar-refractivity contribution in [2.45, 2.75) is 58.7 Å². The maximum Gasteiger partial charge on any atom is 0.120 e. The van der Waals surface area contributed by atoms with Crippen molar-refractivity contribution in [2.75, 3.05) is 0 Å². The van der Waals surface area contributed by atoms with Crippen LogP contribution in [-0.2, 0) is 6.61 Å². The van der Waals surface area contributed by atoms with Gasteiger partial charge in [0.05, 0.1) is 6.10 Å². The van der Waals surface area contributed by atoms with E-state index >= 15 is 0 Å². The van der Waals surface area contributed by atoms with Gasteiger partial charge in [0.15, 0.2) is 0 Å². The van der Waals surface area contributed by atoms with Crippen molar-refractivity contribution >= 4 is 0 Å². The molecule has 4 nitrogen and oxygen atoms in total. The summed E-state index contributed by atoms with van der Waals surface area (Å²) in [5.74, 6) is 2.13. The van der Waals surface area contributed by atoms with Gasteiger partial charge in [0.1, 0.15) is 29.6 Å². The number of unbranched alkanes of at least 4 members (excludes halogenated alkanes) is 3. The van der Waals surface area contributed by atoms with E-state index in [1.165, 1.54) is 25.7 Å². The lowest BCUT2D eigenvalue weighted by atomic mass is 10.1.